The molecule has 6 heteroatoms. The van der Waals surface area contributed by atoms with Gasteiger partial charge in [-0.3, -0.25) is 9.69 Å². The number of likely N-dealkylation sites (tertiary alicyclic amines) is 1. The number of hydrazone groups is 1. The van der Waals surface area contributed by atoms with Crippen LogP contribution in [0, 0.1) is 19.8 Å². The molecule has 2 heterocycles. The average molecular weight is 526 g/mol. The normalized spacial score (nSPS) is 18.2. The number of carbonyl (C=O) groups is 1. The Labute approximate surface area is 232 Å². The molecule has 39 heavy (non-hydrogen) atoms. The van der Waals surface area contributed by atoms with Crippen LogP contribution < -0.4 is 9.47 Å². The summed E-state index contributed by atoms with van der Waals surface area (Å²) in [7, 11) is 3.32. The maximum atomic E-state index is 13.8. The molecule has 3 aromatic carbocycles. The van der Waals surface area contributed by atoms with E-state index in [9.17, 15) is 4.79 Å². The third kappa shape index (κ3) is 6.17. The van der Waals surface area contributed by atoms with Gasteiger partial charge in [-0.15, -0.1) is 0 Å². The second-order valence-electron chi connectivity index (χ2n) is 10.8. The number of aryl methyl sites for hydroxylation is 2. The minimum absolute atomic E-state index is 0.0187. The Hall–Kier alpha value is -3.64. The van der Waals surface area contributed by atoms with Crippen LogP contribution in [0.15, 0.2) is 71.8 Å². The molecular formula is C33H39N3O3. The van der Waals surface area contributed by atoms with E-state index >= 15 is 0 Å². The van der Waals surface area contributed by atoms with Crippen LogP contribution in [0.4, 0.5) is 0 Å². The van der Waals surface area contributed by atoms with Crippen molar-refractivity contribution in [3.8, 4) is 11.5 Å². The third-order valence-corrected chi connectivity index (χ3v) is 8.24. The van der Waals surface area contributed by atoms with E-state index in [4.69, 9.17) is 14.6 Å². The maximum absolute atomic E-state index is 13.8. The van der Waals surface area contributed by atoms with E-state index in [0.717, 1.165) is 60.7 Å². The maximum Gasteiger partial charge on any atom is 0.257 e. The van der Waals surface area contributed by atoms with Crippen LogP contribution in [0.1, 0.15) is 53.1 Å². The largest absolute Gasteiger partial charge is 0.497 e. The van der Waals surface area contributed by atoms with E-state index < -0.39 is 0 Å². The first-order valence-electron chi connectivity index (χ1n) is 13.9. The van der Waals surface area contributed by atoms with Gasteiger partial charge in [0.05, 0.1) is 32.5 Å². The highest BCUT2D eigenvalue weighted by molar-refractivity contribution is 6.03. The Kier molecular flexibility index (Phi) is 8.32. The zero-order chi connectivity index (χ0) is 27.4. The number of rotatable bonds is 8. The molecule has 5 rings (SSSR count). The quantitative estimate of drug-likeness (QED) is 0.365. The number of nitrogens with zero attached hydrogens (tertiary/aromatic N) is 3. The predicted octanol–water partition coefficient (Wildman–Crippen LogP) is 5.95. The SMILES string of the molecule is COc1ccc(OC)c(C2CC(c3ccc(C)c(C)c3)=NN2C(=O)CN2CCC(Cc3ccccc3)CC2)c1. The van der Waals surface area contributed by atoms with Crippen LogP contribution in [0.25, 0.3) is 0 Å². The van der Waals surface area contributed by atoms with Crippen molar-refractivity contribution in [3.63, 3.8) is 0 Å². The summed E-state index contributed by atoms with van der Waals surface area (Å²) >= 11 is 0. The number of hydrogen-bond acceptors (Lipinski definition) is 5. The van der Waals surface area contributed by atoms with Gasteiger partial charge >= 0.3 is 0 Å². The highest BCUT2D eigenvalue weighted by Gasteiger charge is 2.36. The number of hydrogen-bond donors (Lipinski definition) is 0. The van der Waals surface area contributed by atoms with Gasteiger partial charge < -0.3 is 9.47 Å². The van der Waals surface area contributed by atoms with Gasteiger partial charge in [-0.25, -0.2) is 5.01 Å². The van der Waals surface area contributed by atoms with Gasteiger partial charge in [-0.05, 0) is 98.6 Å². The predicted molar refractivity (Wildman–Crippen MR) is 156 cm³/mol. The number of amides is 1. The molecule has 0 aromatic heterocycles. The Bertz CT molecular complexity index is 1330. The van der Waals surface area contributed by atoms with Crippen molar-refractivity contribution in [2.75, 3.05) is 33.9 Å². The van der Waals surface area contributed by atoms with Crippen LogP contribution in [0.5, 0.6) is 11.5 Å². The van der Waals surface area contributed by atoms with Gasteiger partial charge in [-0.2, -0.15) is 5.10 Å². The zero-order valence-corrected chi connectivity index (χ0v) is 23.5. The van der Waals surface area contributed by atoms with Gasteiger partial charge in [0, 0.05) is 12.0 Å². The summed E-state index contributed by atoms with van der Waals surface area (Å²) in [6.07, 6.45) is 3.94. The summed E-state index contributed by atoms with van der Waals surface area (Å²) in [5, 5.41) is 6.62. The number of methoxy groups -OCH3 is 2. The molecule has 1 saturated heterocycles. The fraction of sp³-hybridized carbons (Fsp3) is 0.394. The van der Waals surface area contributed by atoms with E-state index in [1.54, 1.807) is 19.2 Å². The molecule has 0 bridgehead atoms. The molecule has 0 aliphatic carbocycles. The molecule has 1 unspecified atom stereocenters. The summed E-state index contributed by atoms with van der Waals surface area (Å²) in [6, 6.07) is 22.6. The lowest BCUT2D eigenvalue weighted by atomic mass is 9.90. The second-order valence-corrected chi connectivity index (χ2v) is 10.8. The number of piperidine rings is 1. The van der Waals surface area contributed by atoms with Crippen molar-refractivity contribution in [3.05, 3.63) is 94.5 Å². The molecule has 0 saturated carbocycles. The average Bonchev–Trinajstić information content (AvgIpc) is 3.41. The summed E-state index contributed by atoms with van der Waals surface area (Å²) in [5.41, 5.74) is 6.74. The van der Waals surface area contributed by atoms with E-state index in [1.807, 2.05) is 18.2 Å². The third-order valence-electron chi connectivity index (χ3n) is 8.24. The molecule has 204 valence electrons. The van der Waals surface area contributed by atoms with Gasteiger partial charge in [0.1, 0.15) is 11.5 Å². The topological polar surface area (TPSA) is 54.4 Å². The lowest BCUT2D eigenvalue weighted by Gasteiger charge is -2.33. The van der Waals surface area contributed by atoms with Crippen molar-refractivity contribution in [1.29, 1.82) is 0 Å². The molecule has 1 amide bonds. The van der Waals surface area contributed by atoms with Crippen molar-refractivity contribution >= 4 is 11.6 Å². The Morgan fingerprint density at radius 3 is 2.38 bits per heavy atom. The van der Waals surface area contributed by atoms with Crippen LogP contribution in [-0.4, -0.2) is 55.4 Å². The standard InChI is InChI=1S/C33H39N3O3/c1-23-10-11-27(18-24(23)2)30-21-31(29-20-28(38-3)12-13-32(29)39-4)36(34-30)33(37)22-35-16-14-26(15-17-35)19-25-8-6-5-7-9-25/h5-13,18,20,26,31H,14-17,19,21-22H2,1-4H3. The Morgan fingerprint density at radius 1 is 0.923 bits per heavy atom. The summed E-state index contributed by atoms with van der Waals surface area (Å²) in [6.45, 7) is 6.44. The van der Waals surface area contributed by atoms with Crippen LogP contribution in [0.2, 0.25) is 0 Å². The minimum atomic E-state index is -0.255. The smallest absolute Gasteiger partial charge is 0.257 e. The van der Waals surface area contributed by atoms with E-state index in [1.165, 1.54) is 16.7 Å². The number of benzene rings is 3. The minimum Gasteiger partial charge on any atom is -0.497 e. The van der Waals surface area contributed by atoms with Gasteiger partial charge in [0.25, 0.3) is 5.91 Å². The molecule has 2 aliphatic rings. The first-order chi connectivity index (χ1) is 18.9. The van der Waals surface area contributed by atoms with E-state index in [0.29, 0.717) is 18.9 Å². The van der Waals surface area contributed by atoms with Crippen LogP contribution in [-0.2, 0) is 11.2 Å². The molecule has 1 fully saturated rings. The lowest BCUT2D eigenvalue weighted by molar-refractivity contribution is -0.134. The zero-order valence-electron chi connectivity index (χ0n) is 23.5. The Morgan fingerprint density at radius 2 is 1.69 bits per heavy atom. The molecule has 0 radical (unpaired) electrons. The van der Waals surface area contributed by atoms with E-state index in [-0.39, 0.29) is 11.9 Å². The van der Waals surface area contributed by atoms with Gasteiger partial charge in [-0.1, -0.05) is 42.5 Å². The highest BCUT2D eigenvalue weighted by atomic mass is 16.5. The van der Waals surface area contributed by atoms with Gasteiger partial charge in [0.15, 0.2) is 0 Å². The second kappa shape index (κ2) is 12.0. The number of ether oxygens (including phenoxy) is 2. The molecule has 0 spiro atoms. The summed E-state index contributed by atoms with van der Waals surface area (Å²) in [4.78, 5) is 16.1. The number of carbonyl (C=O) groups excluding carboxylic acids is 1. The molecular weight excluding hydrogens is 486 g/mol. The first-order valence-corrected chi connectivity index (χ1v) is 13.9. The molecule has 3 aromatic rings. The highest BCUT2D eigenvalue weighted by Crippen LogP contribution is 2.39. The monoisotopic (exact) mass is 525 g/mol. The molecule has 1 atom stereocenters. The Balaban J connectivity index is 1.34. The summed E-state index contributed by atoms with van der Waals surface area (Å²) in [5.74, 6) is 2.15. The van der Waals surface area contributed by atoms with Crippen molar-refractivity contribution in [2.45, 2.75) is 45.6 Å². The van der Waals surface area contributed by atoms with Crippen molar-refractivity contribution in [1.82, 2.24) is 9.91 Å². The first kappa shape index (κ1) is 26.9. The lowest BCUT2D eigenvalue weighted by Crippen LogP contribution is -2.42. The van der Waals surface area contributed by atoms with Gasteiger partial charge in [0.2, 0.25) is 0 Å². The molecule has 6 nitrogen and oxygen atoms in total. The summed E-state index contributed by atoms with van der Waals surface area (Å²) < 4.78 is 11.2. The van der Waals surface area contributed by atoms with Crippen molar-refractivity contribution < 1.29 is 14.3 Å². The van der Waals surface area contributed by atoms with Crippen LogP contribution in [0.3, 0.4) is 0 Å². The van der Waals surface area contributed by atoms with Crippen molar-refractivity contribution in [2.24, 2.45) is 11.0 Å². The molecule has 2 aliphatic heterocycles. The fourth-order valence-electron chi connectivity index (χ4n) is 5.74. The molecule has 0 N–H and O–H groups in total. The fourth-order valence-corrected chi connectivity index (χ4v) is 5.74. The van der Waals surface area contributed by atoms with E-state index in [2.05, 4.69) is 67.3 Å². The van der Waals surface area contributed by atoms with Crippen LogP contribution >= 0.6 is 0 Å².